The van der Waals surface area contributed by atoms with E-state index in [0.29, 0.717) is 13.1 Å². The summed E-state index contributed by atoms with van der Waals surface area (Å²) in [6, 6.07) is 6.04. The van der Waals surface area contributed by atoms with E-state index in [-0.39, 0.29) is 11.8 Å². The molecule has 0 aliphatic heterocycles. The Balaban J connectivity index is 2.66. The average molecular weight is 279 g/mol. The highest BCUT2D eigenvalue weighted by molar-refractivity contribution is 5.78. The number of ether oxygens (including phenoxy) is 1. The Labute approximate surface area is 121 Å². The molecule has 5 nitrogen and oxygen atoms in total. The predicted octanol–water partition coefficient (Wildman–Crippen LogP) is 0.968. The van der Waals surface area contributed by atoms with Crippen LogP contribution >= 0.6 is 0 Å². The fraction of sp³-hybridized carbons (Fsp3) is 0.533. The maximum absolute atomic E-state index is 11.5. The van der Waals surface area contributed by atoms with Crippen molar-refractivity contribution in [1.82, 2.24) is 10.2 Å². The van der Waals surface area contributed by atoms with Crippen molar-refractivity contribution in [1.29, 1.82) is 0 Å². The lowest BCUT2D eigenvalue weighted by Crippen LogP contribution is -2.34. The van der Waals surface area contributed by atoms with Gasteiger partial charge in [-0.2, -0.15) is 0 Å². The number of rotatable bonds is 7. The lowest BCUT2D eigenvalue weighted by Gasteiger charge is -2.21. The molecule has 0 heterocycles. The molecule has 0 saturated heterocycles. The van der Waals surface area contributed by atoms with E-state index in [2.05, 4.69) is 10.2 Å². The standard InChI is InChI=1S/C15H25N3O2/c1-11(15(19)17-2)9-18(3)10-12-5-6-13(8-16)14(7-12)20-4/h5-7,11H,8-10,16H2,1-4H3,(H,17,19). The van der Waals surface area contributed by atoms with E-state index in [1.807, 2.05) is 32.2 Å². The quantitative estimate of drug-likeness (QED) is 0.780. The fourth-order valence-corrected chi connectivity index (χ4v) is 2.23. The predicted molar refractivity (Wildman–Crippen MR) is 80.5 cm³/mol. The van der Waals surface area contributed by atoms with Crippen molar-refractivity contribution in [3.8, 4) is 5.75 Å². The summed E-state index contributed by atoms with van der Waals surface area (Å²) < 4.78 is 5.33. The molecule has 112 valence electrons. The Bertz CT molecular complexity index is 449. The summed E-state index contributed by atoms with van der Waals surface area (Å²) in [5, 5.41) is 2.67. The Hall–Kier alpha value is -1.59. The second kappa shape index (κ2) is 7.87. The molecule has 20 heavy (non-hydrogen) atoms. The second-order valence-electron chi connectivity index (χ2n) is 5.06. The molecule has 0 aliphatic carbocycles. The van der Waals surface area contributed by atoms with Crippen LogP contribution in [0.25, 0.3) is 0 Å². The molecule has 3 N–H and O–H groups in total. The van der Waals surface area contributed by atoms with E-state index < -0.39 is 0 Å². The van der Waals surface area contributed by atoms with Gasteiger partial charge in [0, 0.05) is 38.2 Å². The molecule has 0 aliphatic rings. The summed E-state index contributed by atoms with van der Waals surface area (Å²) >= 11 is 0. The van der Waals surface area contributed by atoms with Gasteiger partial charge in [-0.05, 0) is 18.7 Å². The maximum Gasteiger partial charge on any atom is 0.223 e. The topological polar surface area (TPSA) is 67.6 Å². The highest BCUT2D eigenvalue weighted by Crippen LogP contribution is 2.20. The van der Waals surface area contributed by atoms with Crippen LogP contribution in [0.3, 0.4) is 0 Å². The van der Waals surface area contributed by atoms with Crippen LogP contribution in [0.2, 0.25) is 0 Å². The van der Waals surface area contributed by atoms with Gasteiger partial charge >= 0.3 is 0 Å². The third-order valence-corrected chi connectivity index (χ3v) is 3.30. The first-order valence-corrected chi connectivity index (χ1v) is 6.77. The number of nitrogens with zero attached hydrogens (tertiary/aromatic N) is 1. The SMILES string of the molecule is CNC(=O)C(C)CN(C)Cc1ccc(CN)c(OC)c1. The van der Waals surface area contributed by atoms with E-state index in [9.17, 15) is 4.79 Å². The molecule has 0 aromatic heterocycles. The highest BCUT2D eigenvalue weighted by atomic mass is 16.5. The van der Waals surface area contributed by atoms with Crippen LogP contribution in [0.5, 0.6) is 5.75 Å². The van der Waals surface area contributed by atoms with Crippen LogP contribution in [0, 0.1) is 5.92 Å². The number of nitrogens with one attached hydrogen (secondary N) is 1. The summed E-state index contributed by atoms with van der Waals surface area (Å²) in [6.45, 7) is 3.86. The number of amides is 1. The molecule has 0 bridgehead atoms. The molecule has 0 saturated carbocycles. The number of nitrogens with two attached hydrogens (primary N) is 1. The summed E-state index contributed by atoms with van der Waals surface area (Å²) in [5.74, 6) is 0.848. The molecule has 1 aromatic carbocycles. The smallest absolute Gasteiger partial charge is 0.223 e. The lowest BCUT2D eigenvalue weighted by atomic mass is 10.1. The van der Waals surface area contributed by atoms with Gasteiger partial charge in [0.05, 0.1) is 7.11 Å². The summed E-state index contributed by atoms with van der Waals surface area (Å²) in [7, 11) is 5.31. The van der Waals surface area contributed by atoms with E-state index in [1.165, 1.54) is 0 Å². The van der Waals surface area contributed by atoms with Crippen LogP contribution in [0.15, 0.2) is 18.2 Å². The van der Waals surface area contributed by atoms with E-state index in [0.717, 1.165) is 23.4 Å². The molecule has 1 amide bonds. The normalized spacial score (nSPS) is 12.3. The lowest BCUT2D eigenvalue weighted by molar-refractivity contribution is -0.124. The van der Waals surface area contributed by atoms with Crippen molar-refractivity contribution in [2.24, 2.45) is 11.7 Å². The molecular weight excluding hydrogens is 254 g/mol. The molecule has 5 heteroatoms. The molecule has 1 unspecified atom stereocenters. The van der Waals surface area contributed by atoms with Crippen LogP contribution in [0.4, 0.5) is 0 Å². The number of hydrogen-bond donors (Lipinski definition) is 2. The van der Waals surface area contributed by atoms with Gasteiger partial charge in [-0.25, -0.2) is 0 Å². The van der Waals surface area contributed by atoms with E-state index in [1.54, 1.807) is 14.2 Å². The molecule has 0 fully saturated rings. The Kier molecular flexibility index (Phi) is 6.48. The van der Waals surface area contributed by atoms with Crippen molar-refractivity contribution in [2.45, 2.75) is 20.0 Å². The summed E-state index contributed by atoms with van der Waals surface area (Å²) in [4.78, 5) is 13.6. The van der Waals surface area contributed by atoms with Gasteiger partial charge in [0.1, 0.15) is 5.75 Å². The van der Waals surface area contributed by atoms with Gasteiger partial charge in [-0.1, -0.05) is 19.1 Å². The van der Waals surface area contributed by atoms with Gasteiger partial charge in [0.2, 0.25) is 5.91 Å². The first-order valence-electron chi connectivity index (χ1n) is 6.77. The number of hydrogen-bond acceptors (Lipinski definition) is 4. The molecule has 1 aromatic rings. The third-order valence-electron chi connectivity index (χ3n) is 3.30. The fourth-order valence-electron chi connectivity index (χ4n) is 2.23. The molecule has 1 rings (SSSR count). The van der Waals surface area contributed by atoms with Crippen molar-refractivity contribution in [3.63, 3.8) is 0 Å². The van der Waals surface area contributed by atoms with Crippen molar-refractivity contribution < 1.29 is 9.53 Å². The average Bonchev–Trinajstić information content (AvgIpc) is 2.45. The Morgan fingerprint density at radius 1 is 1.50 bits per heavy atom. The number of carbonyl (C=O) groups is 1. The summed E-state index contributed by atoms with van der Waals surface area (Å²) in [6.07, 6.45) is 0. The number of carbonyl (C=O) groups excluding carboxylic acids is 1. The molecule has 0 spiro atoms. The van der Waals surface area contributed by atoms with Gasteiger partial charge in [-0.15, -0.1) is 0 Å². The van der Waals surface area contributed by atoms with E-state index >= 15 is 0 Å². The minimum absolute atomic E-state index is 0.0322. The van der Waals surface area contributed by atoms with Crippen LogP contribution in [-0.2, 0) is 17.9 Å². The molecule has 0 radical (unpaired) electrons. The van der Waals surface area contributed by atoms with Crippen molar-refractivity contribution in [3.05, 3.63) is 29.3 Å². The first kappa shape index (κ1) is 16.5. The van der Waals surface area contributed by atoms with Gasteiger partial charge in [0.25, 0.3) is 0 Å². The minimum atomic E-state index is -0.0322. The van der Waals surface area contributed by atoms with E-state index in [4.69, 9.17) is 10.5 Å². The molecular formula is C15H25N3O2. The monoisotopic (exact) mass is 279 g/mol. The maximum atomic E-state index is 11.5. The minimum Gasteiger partial charge on any atom is -0.496 e. The number of methoxy groups -OCH3 is 1. The zero-order chi connectivity index (χ0) is 15.1. The Morgan fingerprint density at radius 2 is 2.20 bits per heavy atom. The summed E-state index contributed by atoms with van der Waals surface area (Å²) in [5.41, 5.74) is 7.80. The number of benzene rings is 1. The molecule has 1 atom stereocenters. The van der Waals surface area contributed by atoms with Crippen molar-refractivity contribution >= 4 is 5.91 Å². The first-order chi connectivity index (χ1) is 9.51. The van der Waals surface area contributed by atoms with Crippen LogP contribution in [-0.4, -0.2) is 38.6 Å². The second-order valence-corrected chi connectivity index (χ2v) is 5.06. The zero-order valence-corrected chi connectivity index (χ0v) is 12.8. The zero-order valence-electron chi connectivity index (χ0n) is 12.8. The van der Waals surface area contributed by atoms with Gasteiger partial charge in [-0.3, -0.25) is 4.79 Å². The van der Waals surface area contributed by atoms with Crippen LogP contribution in [0.1, 0.15) is 18.1 Å². The highest BCUT2D eigenvalue weighted by Gasteiger charge is 2.14. The van der Waals surface area contributed by atoms with Crippen molar-refractivity contribution in [2.75, 3.05) is 27.7 Å². The van der Waals surface area contributed by atoms with Gasteiger partial charge < -0.3 is 20.7 Å². The Morgan fingerprint density at radius 3 is 2.75 bits per heavy atom. The largest absolute Gasteiger partial charge is 0.496 e. The third kappa shape index (κ3) is 4.51. The van der Waals surface area contributed by atoms with Crippen LogP contribution < -0.4 is 15.8 Å². The van der Waals surface area contributed by atoms with Gasteiger partial charge in [0.15, 0.2) is 0 Å².